The number of rotatable bonds is 6. The number of benzene rings is 4. The predicted molar refractivity (Wildman–Crippen MR) is 227 cm³/mol. The first-order valence-electron chi connectivity index (χ1n) is 21.1. The summed E-state index contributed by atoms with van der Waals surface area (Å²) >= 11 is 3.55. The first-order chi connectivity index (χ1) is 28.4. The van der Waals surface area contributed by atoms with E-state index < -0.39 is 0 Å². The van der Waals surface area contributed by atoms with Crippen molar-refractivity contribution in [1.29, 1.82) is 0 Å². The summed E-state index contributed by atoms with van der Waals surface area (Å²) in [6, 6.07) is 25.5. The third-order valence-corrected chi connectivity index (χ3v) is 17.4. The molecule has 0 saturated heterocycles. The van der Waals surface area contributed by atoms with Crippen LogP contribution in [-0.2, 0) is 9.59 Å². The van der Waals surface area contributed by atoms with Gasteiger partial charge >= 0.3 is 0 Å². The lowest BCUT2D eigenvalue weighted by Gasteiger charge is -2.48. The smallest absolute Gasteiger partial charge is 0.142 e. The van der Waals surface area contributed by atoms with Gasteiger partial charge < -0.3 is 28.7 Å². The molecule has 10 atom stereocenters. The largest absolute Gasteiger partial charge is 0.497 e. The Morgan fingerprint density at radius 3 is 1.38 bits per heavy atom. The Hall–Kier alpha value is -4.28. The first kappa shape index (κ1) is 36.8. The highest BCUT2D eigenvalue weighted by Crippen LogP contribution is 2.65. The van der Waals surface area contributed by atoms with Gasteiger partial charge in [-0.15, -0.1) is 0 Å². The molecule has 11 rings (SSSR count). The number of methoxy groups -OCH3 is 4. The van der Waals surface area contributed by atoms with Gasteiger partial charge in [0.05, 0.1) is 51.2 Å². The number of hydrogen-bond donors (Lipinski definition) is 0. The molecule has 5 saturated carbocycles. The second kappa shape index (κ2) is 14.2. The van der Waals surface area contributed by atoms with Crippen LogP contribution in [0.1, 0.15) is 51.4 Å². The molecule has 4 aromatic carbocycles. The molecule has 0 radical (unpaired) electrons. The van der Waals surface area contributed by atoms with Gasteiger partial charge in [0, 0.05) is 79.6 Å². The van der Waals surface area contributed by atoms with Crippen LogP contribution in [0.25, 0.3) is 0 Å². The number of fused-ring (bicyclic) bond motifs is 11. The van der Waals surface area contributed by atoms with Crippen molar-refractivity contribution < 1.29 is 28.5 Å². The van der Waals surface area contributed by atoms with Crippen LogP contribution in [0.15, 0.2) is 92.4 Å². The summed E-state index contributed by atoms with van der Waals surface area (Å²) in [5, 5.41) is 0. The first-order valence-corrected chi connectivity index (χ1v) is 22.8. The monoisotopic (exact) mass is 814 g/mol. The van der Waals surface area contributed by atoms with E-state index in [4.69, 9.17) is 18.9 Å². The number of ether oxygens (including phenoxy) is 4. The molecule has 10 heteroatoms. The maximum absolute atomic E-state index is 15.6. The van der Waals surface area contributed by atoms with E-state index in [1.54, 1.807) is 52.0 Å². The zero-order valence-corrected chi connectivity index (χ0v) is 35.2. The van der Waals surface area contributed by atoms with Crippen LogP contribution in [0.4, 0.5) is 22.7 Å². The minimum absolute atomic E-state index is 0.0109. The van der Waals surface area contributed by atoms with Crippen molar-refractivity contribution in [2.45, 2.75) is 83.0 Å². The zero-order chi connectivity index (χ0) is 39.4. The second-order valence-corrected chi connectivity index (χ2v) is 19.6. The Balaban J connectivity index is 0.974. The Kier molecular flexibility index (Phi) is 8.99. The lowest BCUT2D eigenvalue weighted by molar-refractivity contribution is -0.135. The van der Waals surface area contributed by atoms with E-state index in [2.05, 4.69) is 58.3 Å². The molecule has 58 heavy (non-hydrogen) atoms. The van der Waals surface area contributed by atoms with E-state index in [9.17, 15) is 0 Å². The van der Waals surface area contributed by atoms with Crippen LogP contribution in [0.2, 0.25) is 0 Å². The number of carbonyl (C=O) groups is 2. The van der Waals surface area contributed by atoms with E-state index in [-0.39, 0.29) is 59.4 Å². The summed E-state index contributed by atoms with van der Waals surface area (Å²) in [5.74, 6) is 4.30. The number of hydrogen-bond acceptors (Lipinski definition) is 10. The Labute approximate surface area is 349 Å². The summed E-state index contributed by atoms with van der Waals surface area (Å²) in [6.07, 6.45) is 7.99. The molecular formula is C48H50N2O6S2. The second-order valence-electron chi connectivity index (χ2n) is 17.4. The number of Topliss-reactive ketones (excluding diaryl/α,β-unsaturated/α-hetero) is 2. The number of carbonyl (C=O) groups excluding carboxylic acids is 2. The lowest BCUT2D eigenvalue weighted by atomic mass is 9.63. The quantitative estimate of drug-likeness (QED) is 0.188. The molecular weight excluding hydrogens is 765 g/mol. The molecule has 2 aliphatic heterocycles. The van der Waals surface area contributed by atoms with Crippen LogP contribution in [-0.4, -0.2) is 52.1 Å². The van der Waals surface area contributed by atoms with Gasteiger partial charge in [0.25, 0.3) is 0 Å². The van der Waals surface area contributed by atoms with Crippen molar-refractivity contribution in [3.63, 3.8) is 0 Å². The Morgan fingerprint density at radius 2 is 0.879 bits per heavy atom. The van der Waals surface area contributed by atoms with Crippen LogP contribution >= 0.6 is 23.5 Å². The maximum atomic E-state index is 15.6. The highest BCUT2D eigenvalue weighted by Gasteiger charge is 2.66. The van der Waals surface area contributed by atoms with Gasteiger partial charge in [-0.25, -0.2) is 0 Å². The topological polar surface area (TPSA) is 77.5 Å². The van der Waals surface area contributed by atoms with E-state index in [1.165, 1.54) is 19.6 Å². The molecule has 0 aromatic heterocycles. The minimum Gasteiger partial charge on any atom is -0.497 e. The fourth-order valence-electron chi connectivity index (χ4n) is 13.0. The normalized spacial score (nSPS) is 31.4. The zero-order valence-electron chi connectivity index (χ0n) is 33.5. The fraction of sp³-hybridized carbons (Fsp3) is 0.458. The van der Waals surface area contributed by atoms with E-state index in [0.29, 0.717) is 11.6 Å². The molecule has 0 bridgehead atoms. The van der Waals surface area contributed by atoms with Crippen molar-refractivity contribution in [2.24, 2.45) is 47.3 Å². The van der Waals surface area contributed by atoms with Gasteiger partial charge in [-0.1, -0.05) is 36.4 Å². The maximum Gasteiger partial charge on any atom is 0.142 e. The molecule has 8 nitrogen and oxygen atoms in total. The number of anilines is 4. The third kappa shape index (κ3) is 5.42. The fourth-order valence-corrected chi connectivity index (χ4v) is 15.1. The van der Waals surface area contributed by atoms with Gasteiger partial charge in [-0.2, -0.15) is 0 Å². The summed E-state index contributed by atoms with van der Waals surface area (Å²) in [6.45, 7) is 0. The highest BCUT2D eigenvalue weighted by atomic mass is 32.2. The van der Waals surface area contributed by atoms with E-state index >= 15 is 9.59 Å². The van der Waals surface area contributed by atoms with Crippen LogP contribution in [0, 0.1) is 47.3 Å². The molecule has 0 N–H and O–H groups in total. The molecule has 0 amide bonds. The SMILES string of the molecule is COc1ccc2c(c1)N(C1CCCC3C4CCC5C(C(=O)C6CCCC(N7c8cc(OC)ccc8Sc8ccc(OC)cc87)C65)C4C(=O)C31)c1cc(OC)ccc1S2. The van der Waals surface area contributed by atoms with Crippen molar-refractivity contribution in [3.05, 3.63) is 72.8 Å². The molecule has 0 spiro atoms. The predicted octanol–water partition coefficient (Wildman–Crippen LogP) is 10.6. The molecule has 5 fully saturated rings. The van der Waals surface area contributed by atoms with Crippen LogP contribution in [0.3, 0.4) is 0 Å². The van der Waals surface area contributed by atoms with Crippen molar-refractivity contribution in [1.82, 2.24) is 0 Å². The minimum atomic E-state index is -0.210. The van der Waals surface area contributed by atoms with Crippen molar-refractivity contribution >= 4 is 57.8 Å². The van der Waals surface area contributed by atoms with Gasteiger partial charge in [-0.3, -0.25) is 9.59 Å². The Bertz CT molecular complexity index is 2230. The molecule has 10 unspecified atom stereocenters. The van der Waals surface area contributed by atoms with Crippen molar-refractivity contribution in [3.8, 4) is 23.0 Å². The van der Waals surface area contributed by atoms with E-state index in [1.807, 2.05) is 24.3 Å². The van der Waals surface area contributed by atoms with E-state index in [0.717, 1.165) is 97.1 Å². The number of ketones is 2. The van der Waals surface area contributed by atoms with Crippen LogP contribution < -0.4 is 28.7 Å². The summed E-state index contributed by atoms with van der Waals surface area (Å²) in [4.78, 5) is 40.5. The number of nitrogens with zero attached hydrogens (tertiary/aromatic N) is 2. The molecule has 4 aromatic rings. The summed E-state index contributed by atoms with van der Waals surface area (Å²) in [7, 11) is 6.89. The summed E-state index contributed by atoms with van der Waals surface area (Å²) < 4.78 is 23.1. The van der Waals surface area contributed by atoms with Crippen LogP contribution in [0.5, 0.6) is 23.0 Å². The average molecular weight is 815 g/mol. The van der Waals surface area contributed by atoms with Gasteiger partial charge in [0.15, 0.2) is 0 Å². The lowest BCUT2D eigenvalue weighted by Crippen LogP contribution is -2.47. The highest BCUT2D eigenvalue weighted by molar-refractivity contribution is 8.00. The molecule has 2 heterocycles. The third-order valence-electron chi connectivity index (χ3n) is 15.2. The summed E-state index contributed by atoms with van der Waals surface area (Å²) in [5.41, 5.74) is 4.46. The molecule has 7 aliphatic rings. The van der Waals surface area contributed by atoms with Gasteiger partial charge in [0.1, 0.15) is 34.6 Å². The molecule has 5 aliphatic carbocycles. The Morgan fingerprint density at radius 1 is 0.466 bits per heavy atom. The molecule has 300 valence electrons. The van der Waals surface area contributed by atoms with Crippen molar-refractivity contribution in [2.75, 3.05) is 38.2 Å². The average Bonchev–Trinajstić information content (AvgIpc) is 3.73. The van der Waals surface area contributed by atoms with Gasteiger partial charge in [-0.05, 0) is 111 Å². The van der Waals surface area contributed by atoms with Gasteiger partial charge in [0.2, 0.25) is 0 Å². The standard InChI is InChI=1S/C48H50N2O6S2/c1-53-25-11-17-39-35(21-25)49(36-22-26(54-2)12-18-40(36)57-39)33-9-6-8-32-43(33)31-16-15-30-29-7-5-10-34(44(29)48(52)45(30)46(31)47(32)51)50-37-23-27(55-3)13-19-41(37)58-42-20-14-28(56-4)24-38(42)50/h11-14,17-24,29-34,43-46H,5-10,15-16H2,1-4H3.